The number of pyridine rings is 1. The van der Waals surface area contributed by atoms with Crippen molar-refractivity contribution in [3.05, 3.63) is 53.9 Å². The van der Waals surface area contributed by atoms with Gasteiger partial charge in [-0.25, -0.2) is 4.98 Å². The second kappa shape index (κ2) is 6.97. The van der Waals surface area contributed by atoms with Crippen molar-refractivity contribution in [3.63, 3.8) is 0 Å². The minimum absolute atomic E-state index is 0.0552. The average Bonchev–Trinajstić information content (AvgIpc) is 2.98. The maximum Gasteiger partial charge on any atom is 0.251 e. The molecule has 0 unspecified atom stereocenters. The molecule has 0 atom stereocenters. The molecule has 2 aromatic heterocycles. The van der Waals surface area contributed by atoms with E-state index in [1.165, 1.54) is 29.3 Å². The Labute approximate surface area is 142 Å². The molecule has 7 heteroatoms. The van der Waals surface area contributed by atoms with Crippen LogP contribution in [-0.2, 0) is 4.79 Å². The molecule has 0 fully saturated rings. The summed E-state index contributed by atoms with van der Waals surface area (Å²) in [5, 5.41) is 12.8. The van der Waals surface area contributed by atoms with Crippen molar-refractivity contribution in [3.8, 4) is 0 Å². The molecular formula is C16H15N3O2S2. The van der Waals surface area contributed by atoms with Crippen LogP contribution in [0.4, 0.5) is 5.13 Å². The number of thioether (sulfide) groups is 1. The summed E-state index contributed by atoms with van der Waals surface area (Å²) in [7, 11) is 0. The molecule has 118 valence electrons. The molecule has 2 heterocycles. The second-order valence-electron chi connectivity index (χ2n) is 4.76. The zero-order valence-electron chi connectivity index (χ0n) is 12.5. The first-order valence-electron chi connectivity index (χ1n) is 7.16. The summed E-state index contributed by atoms with van der Waals surface area (Å²) in [5.74, 6) is 0.149. The van der Waals surface area contributed by atoms with E-state index >= 15 is 0 Å². The normalized spacial score (nSPS) is 10.8. The maximum atomic E-state index is 12.5. The summed E-state index contributed by atoms with van der Waals surface area (Å²) >= 11 is 2.74. The molecule has 0 saturated carbocycles. The number of hydrogen-bond donors (Lipinski definition) is 0. The number of thiazole rings is 1. The molecule has 0 saturated heterocycles. The van der Waals surface area contributed by atoms with Crippen LogP contribution in [0.15, 0.2) is 53.7 Å². The Morgan fingerprint density at radius 3 is 2.83 bits per heavy atom. The third kappa shape index (κ3) is 3.46. The van der Waals surface area contributed by atoms with E-state index in [-0.39, 0.29) is 11.7 Å². The quantitative estimate of drug-likeness (QED) is 0.405. The van der Waals surface area contributed by atoms with Crippen LogP contribution in [0.1, 0.15) is 6.92 Å². The van der Waals surface area contributed by atoms with Gasteiger partial charge in [-0.2, -0.15) is 4.73 Å². The van der Waals surface area contributed by atoms with Crippen LogP contribution in [-0.4, -0.2) is 23.2 Å². The Kier molecular flexibility index (Phi) is 4.78. The Bertz CT molecular complexity index is 802. The highest BCUT2D eigenvalue weighted by molar-refractivity contribution is 7.99. The summed E-state index contributed by atoms with van der Waals surface area (Å²) in [4.78, 5) is 18.7. The number of nitrogens with zero attached hydrogens (tertiary/aromatic N) is 3. The van der Waals surface area contributed by atoms with Crippen LogP contribution in [0.5, 0.6) is 0 Å². The molecule has 0 spiro atoms. The molecule has 5 nitrogen and oxygen atoms in total. The molecule has 0 bridgehead atoms. The zero-order chi connectivity index (χ0) is 16.2. The molecule has 1 aromatic carbocycles. The number of anilines is 1. The van der Waals surface area contributed by atoms with E-state index in [0.717, 1.165) is 14.9 Å². The van der Waals surface area contributed by atoms with Crippen molar-refractivity contribution in [2.45, 2.75) is 11.9 Å². The Morgan fingerprint density at radius 2 is 2.09 bits per heavy atom. The number of carbonyl (C=O) groups is 1. The van der Waals surface area contributed by atoms with Gasteiger partial charge in [0.05, 0.1) is 16.0 Å². The summed E-state index contributed by atoms with van der Waals surface area (Å²) in [6.07, 6.45) is 1.43. The van der Waals surface area contributed by atoms with E-state index in [1.807, 2.05) is 31.2 Å². The highest BCUT2D eigenvalue weighted by Crippen LogP contribution is 2.29. The molecule has 3 aromatic rings. The highest BCUT2D eigenvalue weighted by Gasteiger charge is 2.19. The number of hydrogen-bond acceptors (Lipinski definition) is 5. The van der Waals surface area contributed by atoms with Gasteiger partial charge in [0.25, 0.3) is 5.03 Å². The first-order valence-corrected chi connectivity index (χ1v) is 8.96. The lowest BCUT2D eigenvalue weighted by Crippen LogP contribution is -2.33. The van der Waals surface area contributed by atoms with Crippen molar-refractivity contribution in [1.82, 2.24) is 4.98 Å². The average molecular weight is 345 g/mol. The van der Waals surface area contributed by atoms with Gasteiger partial charge in [0, 0.05) is 18.7 Å². The van der Waals surface area contributed by atoms with E-state index in [4.69, 9.17) is 0 Å². The lowest BCUT2D eigenvalue weighted by molar-refractivity contribution is -0.645. The van der Waals surface area contributed by atoms with Gasteiger partial charge in [0.1, 0.15) is 0 Å². The van der Waals surface area contributed by atoms with Crippen molar-refractivity contribution < 1.29 is 9.52 Å². The molecule has 1 amide bonds. The number of rotatable bonds is 5. The number of aromatic nitrogens is 2. The molecular weight excluding hydrogens is 330 g/mol. The number of amides is 1. The summed E-state index contributed by atoms with van der Waals surface area (Å²) in [5.41, 5.74) is 0.895. The third-order valence-corrected chi connectivity index (χ3v) is 5.33. The molecule has 23 heavy (non-hydrogen) atoms. The van der Waals surface area contributed by atoms with Gasteiger partial charge in [-0.05, 0) is 36.9 Å². The van der Waals surface area contributed by atoms with E-state index in [1.54, 1.807) is 23.1 Å². The zero-order valence-corrected chi connectivity index (χ0v) is 14.1. The number of para-hydroxylation sites is 1. The second-order valence-corrected chi connectivity index (χ2v) is 6.76. The van der Waals surface area contributed by atoms with Gasteiger partial charge in [-0.1, -0.05) is 23.5 Å². The number of carbonyl (C=O) groups excluding carboxylic acids is 1. The Balaban J connectivity index is 1.75. The van der Waals surface area contributed by atoms with Gasteiger partial charge in [0.2, 0.25) is 5.91 Å². The summed E-state index contributed by atoms with van der Waals surface area (Å²) < 4.78 is 1.83. The van der Waals surface area contributed by atoms with Crippen LogP contribution in [0, 0.1) is 5.21 Å². The predicted octanol–water partition coefficient (Wildman–Crippen LogP) is 3.07. The number of fused-ring (bicyclic) bond motifs is 1. The molecule has 0 aliphatic rings. The summed E-state index contributed by atoms with van der Waals surface area (Å²) in [6.45, 7) is 2.47. The fourth-order valence-electron chi connectivity index (χ4n) is 2.13. The van der Waals surface area contributed by atoms with Crippen molar-refractivity contribution in [2.75, 3.05) is 17.2 Å². The first-order chi connectivity index (χ1) is 11.2. The van der Waals surface area contributed by atoms with Crippen LogP contribution in [0.2, 0.25) is 0 Å². The predicted molar refractivity (Wildman–Crippen MR) is 93.8 cm³/mol. The van der Waals surface area contributed by atoms with Crippen LogP contribution in [0.3, 0.4) is 0 Å². The molecule has 3 rings (SSSR count). The topological polar surface area (TPSA) is 60.1 Å². The van der Waals surface area contributed by atoms with Gasteiger partial charge in [-0.15, -0.1) is 0 Å². The largest absolute Gasteiger partial charge is 0.618 e. The van der Waals surface area contributed by atoms with Crippen LogP contribution < -0.4 is 9.63 Å². The lowest BCUT2D eigenvalue weighted by atomic mass is 10.3. The van der Waals surface area contributed by atoms with Crippen molar-refractivity contribution >= 4 is 44.4 Å². The summed E-state index contributed by atoms with van der Waals surface area (Å²) in [6, 6.07) is 13.0. The molecule has 0 aliphatic carbocycles. The van der Waals surface area contributed by atoms with Gasteiger partial charge in [-0.3, -0.25) is 9.69 Å². The van der Waals surface area contributed by atoms with E-state index in [2.05, 4.69) is 4.98 Å². The van der Waals surface area contributed by atoms with Crippen LogP contribution in [0.25, 0.3) is 10.2 Å². The standard InChI is InChI=1S/C16H15N3O2S2/c1-2-18(16-17-12-7-3-4-8-13(12)23-16)14(20)11-22-15-9-5-6-10-19(15)21/h3-10H,2,11H2,1H3. The Morgan fingerprint density at radius 1 is 1.30 bits per heavy atom. The fraction of sp³-hybridized carbons (Fsp3) is 0.188. The molecule has 0 N–H and O–H groups in total. The van der Waals surface area contributed by atoms with Gasteiger partial charge >= 0.3 is 0 Å². The Hall–Kier alpha value is -2.12. The van der Waals surface area contributed by atoms with Crippen LogP contribution >= 0.6 is 23.1 Å². The maximum absolute atomic E-state index is 12.5. The minimum Gasteiger partial charge on any atom is -0.618 e. The van der Waals surface area contributed by atoms with Gasteiger partial charge in [0.15, 0.2) is 11.3 Å². The minimum atomic E-state index is -0.0552. The van der Waals surface area contributed by atoms with Gasteiger partial charge < -0.3 is 5.21 Å². The van der Waals surface area contributed by atoms with E-state index in [0.29, 0.717) is 16.7 Å². The monoisotopic (exact) mass is 345 g/mol. The third-order valence-electron chi connectivity index (χ3n) is 3.26. The van der Waals surface area contributed by atoms with Crippen molar-refractivity contribution in [2.24, 2.45) is 0 Å². The fourth-order valence-corrected chi connectivity index (χ4v) is 3.97. The molecule has 0 aliphatic heterocycles. The van der Waals surface area contributed by atoms with E-state index < -0.39 is 0 Å². The first kappa shape index (κ1) is 15.8. The molecule has 0 radical (unpaired) electrons. The lowest BCUT2D eigenvalue weighted by Gasteiger charge is -2.17. The van der Waals surface area contributed by atoms with Crippen molar-refractivity contribution in [1.29, 1.82) is 0 Å². The van der Waals surface area contributed by atoms with E-state index in [9.17, 15) is 10.0 Å². The highest BCUT2D eigenvalue weighted by atomic mass is 32.2. The SMILES string of the molecule is CCN(C(=O)CSc1cccc[n+]1[O-])c1nc2ccccc2s1. The smallest absolute Gasteiger partial charge is 0.251 e. The number of benzene rings is 1.